The average molecular weight is 1080 g/mol. The second kappa shape index (κ2) is 17.0. The van der Waals surface area contributed by atoms with Gasteiger partial charge in [0, 0.05) is 65.3 Å². The van der Waals surface area contributed by atoms with Gasteiger partial charge in [-0.05, 0) is 189 Å². The summed E-state index contributed by atoms with van der Waals surface area (Å²) in [7, 11) is 0. The summed E-state index contributed by atoms with van der Waals surface area (Å²) in [6, 6.07) is 61.0. The van der Waals surface area contributed by atoms with Gasteiger partial charge in [-0.1, -0.05) is 187 Å². The molecule has 0 amide bonds. The Morgan fingerprint density at radius 2 is 1.07 bits per heavy atom. The minimum Gasteiger partial charge on any atom is -0.334 e. The molecule has 0 radical (unpaired) electrons. The summed E-state index contributed by atoms with van der Waals surface area (Å²) in [6.45, 7) is 32.3. The van der Waals surface area contributed by atoms with Crippen molar-refractivity contribution in [1.82, 2.24) is 0 Å². The van der Waals surface area contributed by atoms with Crippen LogP contribution in [-0.4, -0.2) is 12.3 Å². The molecule has 9 aromatic rings. The molecular weight excluding hydrogens is 998 g/mol. The molecule has 3 aliphatic heterocycles. The van der Waals surface area contributed by atoms with Gasteiger partial charge < -0.3 is 14.7 Å². The fraction of sp³-hybridized carbons (Fsp3) is 0.368. The molecule has 15 rings (SSSR count). The van der Waals surface area contributed by atoms with E-state index in [-0.39, 0.29) is 44.7 Å². The highest BCUT2D eigenvalue weighted by Gasteiger charge is 2.58. The maximum absolute atomic E-state index is 2.85. The minimum atomic E-state index is -0.152. The summed E-state index contributed by atoms with van der Waals surface area (Å²) in [5.74, 6) is 0. The van der Waals surface area contributed by atoms with Crippen molar-refractivity contribution in [2.24, 2.45) is 0 Å². The molecule has 1 aromatic heterocycles. The van der Waals surface area contributed by atoms with Gasteiger partial charge in [-0.3, -0.25) is 0 Å². The molecule has 1 saturated carbocycles. The normalized spacial score (nSPS) is 22.4. The zero-order valence-corrected chi connectivity index (χ0v) is 51.2. The van der Waals surface area contributed by atoms with Gasteiger partial charge in [0.15, 0.2) is 0 Å². The van der Waals surface area contributed by atoms with E-state index in [1.807, 2.05) is 11.3 Å². The van der Waals surface area contributed by atoms with Gasteiger partial charge in [0.1, 0.15) is 0 Å². The van der Waals surface area contributed by atoms with Crippen LogP contribution >= 0.6 is 11.3 Å². The van der Waals surface area contributed by atoms with Crippen molar-refractivity contribution in [2.75, 3.05) is 14.7 Å². The van der Waals surface area contributed by atoms with Crippen LogP contribution in [0.1, 0.15) is 175 Å². The smallest absolute Gasteiger partial charge is 0.252 e. The van der Waals surface area contributed by atoms with Gasteiger partial charge in [0.25, 0.3) is 6.71 Å². The van der Waals surface area contributed by atoms with E-state index >= 15 is 0 Å². The number of benzene rings is 8. The fourth-order valence-corrected chi connectivity index (χ4v) is 18.0. The highest BCUT2D eigenvalue weighted by Crippen LogP contribution is 2.63. The highest BCUT2D eigenvalue weighted by molar-refractivity contribution is 7.26. The number of anilines is 8. The van der Waals surface area contributed by atoms with Crippen LogP contribution in [0, 0.1) is 0 Å². The Kier molecular flexibility index (Phi) is 10.8. The van der Waals surface area contributed by atoms with E-state index in [9.17, 15) is 0 Å². The largest absolute Gasteiger partial charge is 0.334 e. The zero-order chi connectivity index (χ0) is 56.1. The molecular formula is C76H80BN3S. The molecule has 2 unspecified atom stereocenters. The third-order valence-electron chi connectivity index (χ3n) is 22.1. The van der Waals surface area contributed by atoms with Gasteiger partial charge in [0.2, 0.25) is 0 Å². The summed E-state index contributed by atoms with van der Waals surface area (Å²) in [5, 5.41) is 2.68. The third kappa shape index (κ3) is 7.18. The Labute approximate surface area is 487 Å². The first kappa shape index (κ1) is 51.3. The predicted octanol–water partition coefficient (Wildman–Crippen LogP) is 19.5. The van der Waals surface area contributed by atoms with Crippen molar-refractivity contribution in [3.63, 3.8) is 0 Å². The van der Waals surface area contributed by atoms with E-state index in [1.165, 1.54) is 152 Å². The molecule has 0 N–H and O–H groups in total. The SMILES string of the molecule is CC(C)(C)c1ccc(N2c3cc(N4c5ccccc5C5(C)CCCCC45C)cc4c3B(c3cc5c(cc3N4c3ccc4c(c3)C(C)(C)CCC4(C)C)C(C)(C)CCC5(C)C)c3ccc4sc5ccccc5c4c32)c(-c2ccccc2)c1. The van der Waals surface area contributed by atoms with E-state index in [4.69, 9.17) is 0 Å². The van der Waals surface area contributed by atoms with E-state index in [0.29, 0.717) is 0 Å². The number of hydrogen-bond donors (Lipinski definition) is 0. The first-order valence-corrected chi connectivity index (χ1v) is 31.5. The lowest BCUT2D eigenvalue weighted by molar-refractivity contribution is 0.195. The monoisotopic (exact) mass is 1080 g/mol. The molecule has 3 nitrogen and oxygen atoms in total. The van der Waals surface area contributed by atoms with Gasteiger partial charge in [0.05, 0.1) is 16.9 Å². The summed E-state index contributed by atoms with van der Waals surface area (Å²) in [6.07, 6.45) is 9.45. The van der Waals surface area contributed by atoms with Crippen LogP contribution in [0.2, 0.25) is 0 Å². The van der Waals surface area contributed by atoms with Crippen LogP contribution in [0.3, 0.4) is 0 Å². The van der Waals surface area contributed by atoms with Crippen molar-refractivity contribution in [3.05, 3.63) is 185 Å². The lowest BCUT2D eigenvalue weighted by atomic mass is 9.33. The minimum absolute atomic E-state index is 0.0100. The van der Waals surface area contributed by atoms with Gasteiger partial charge in [-0.25, -0.2) is 0 Å². The van der Waals surface area contributed by atoms with Crippen LogP contribution in [0.25, 0.3) is 31.3 Å². The van der Waals surface area contributed by atoms with E-state index in [0.717, 1.165) is 25.7 Å². The molecule has 408 valence electrons. The molecule has 2 atom stereocenters. The molecule has 8 aromatic carbocycles. The molecule has 4 heterocycles. The van der Waals surface area contributed by atoms with E-state index in [1.54, 1.807) is 0 Å². The van der Waals surface area contributed by atoms with Crippen molar-refractivity contribution < 1.29 is 0 Å². The molecule has 0 bridgehead atoms. The Balaban J connectivity index is 1.14. The number of rotatable bonds is 4. The standard InChI is InChI=1S/C76H80BN3S/c1-70(2,3)48-29-33-60(52(41-48)47-23-15-14-16-24-47)79-64-44-50(80-61-27-19-18-26-54(61)75(12)35-21-22-36-76(75,80)13)43-63-68(64)77(58-32-34-66-67(69(58)79)51-25-17-20-28-65(51)81-66)59-45-56-57(74(10,11)40-39-73(56,8)9)46-62(59)78(63)49-30-31-53-55(42-49)72(6,7)38-37-71(53,4)5/h14-20,23-34,41-46H,21-22,35-40H2,1-13H3. The topological polar surface area (TPSA) is 9.72 Å². The molecule has 1 fully saturated rings. The van der Waals surface area contributed by atoms with Crippen molar-refractivity contribution in [2.45, 2.75) is 179 Å². The first-order chi connectivity index (χ1) is 38.5. The van der Waals surface area contributed by atoms with Gasteiger partial charge in [-0.15, -0.1) is 11.3 Å². The van der Waals surface area contributed by atoms with E-state index in [2.05, 4.69) is 256 Å². The Morgan fingerprint density at radius 3 is 1.80 bits per heavy atom. The molecule has 6 aliphatic rings. The molecule has 0 saturated heterocycles. The zero-order valence-electron chi connectivity index (χ0n) is 50.4. The molecule has 5 heteroatoms. The summed E-state index contributed by atoms with van der Waals surface area (Å²) >= 11 is 1.94. The van der Waals surface area contributed by atoms with Gasteiger partial charge in [-0.2, -0.15) is 0 Å². The van der Waals surface area contributed by atoms with Gasteiger partial charge >= 0.3 is 0 Å². The summed E-state index contributed by atoms with van der Waals surface area (Å²) in [5.41, 5.74) is 25.8. The summed E-state index contributed by atoms with van der Waals surface area (Å²) in [4.78, 5) is 8.44. The first-order valence-electron chi connectivity index (χ1n) is 30.7. The lowest BCUT2D eigenvalue weighted by Gasteiger charge is -2.51. The Bertz CT molecular complexity index is 4130. The lowest BCUT2D eigenvalue weighted by Crippen LogP contribution is -2.62. The number of nitrogens with zero attached hydrogens (tertiary/aromatic N) is 3. The predicted molar refractivity (Wildman–Crippen MR) is 351 cm³/mol. The summed E-state index contributed by atoms with van der Waals surface area (Å²) < 4.78 is 2.66. The number of fused-ring (bicyclic) bond motifs is 13. The van der Waals surface area contributed by atoms with Crippen LogP contribution in [0.4, 0.5) is 45.5 Å². The maximum atomic E-state index is 2.85. The quantitative estimate of drug-likeness (QED) is 0.163. The second-order valence-corrected chi connectivity index (χ2v) is 30.8. The van der Waals surface area contributed by atoms with Crippen molar-refractivity contribution >= 4 is 100 Å². The molecule has 81 heavy (non-hydrogen) atoms. The number of thiophene rings is 1. The van der Waals surface area contributed by atoms with Crippen molar-refractivity contribution in [1.29, 1.82) is 0 Å². The van der Waals surface area contributed by atoms with Crippen LogP contribution in [0.15, 0.2) is 152 Å². The van der Waals surface area contributed by atoms with Crippen LogP contribution in [0.5, 0.6) is 0 Å². The van der Waals surface area contributed by atoms with Crippen LogP contribution in [-0.2, 0) is 32.5 Å². The number of hydrogen-bond acceptors (Lipinski definition) is 4. The average Bonchev–Trinajstić information content (AvgIpc) is 4.12. The van der Waals surface area contributed by atoms with Crippen LogP contribution < -0.4 is 31.1 Å². The second-order valence-electron chi connectivity index (χ2n) is 29.7. The third-order valence-corrected chi connectivity index (χ3v) is 23.2. The molecule has 3 aliphatic carbocycles. The van der Waals surface area contributed by atoms with Crippen molar-refractivity contribution in [3.8, 4) is 11.1 Å². The highest BCUT2D eigenvalue weighted by atomic mass is 32.1. The fourth-order valence-electron chi connectivity index (χ4n) is 16.9. The Hall–Kier alpha value is -6.56. The van der Waals surface area contributed by atoms with E-state index < -0.39 is 0 Å². The Morgan fingerprint density at radius 1 is 0.444 bits per heavy atom. The maximum Gasteiger partial charge on any atom is 0.252 e. The molecule has 0 spiro atoms. The number of para-hydroxylation sites is 1.